The molecule has 0 saturated heterocycles. The topological polar surface area (TPSA) is 15.6 Å². The largest absolute Gasteiger partial charge is 0.314 e. The Morgan fingerprint density at radius 3 is 2.74 bits per heavy atom. The first-order chi connectivity index (χ1) is 11.0. The Bertz CT molecular complexity index is 723. The highest BCUT2D eigenvalue weighted by Gasteiger charge is 2.19. The molecular formula is C20H23ClN2. The molecule has 2 nitrogen and oxygen atoms in total. The quantitative estimate of drug-likeness (QED) is 0.616. The van der Waals surface area contributed by atoms with Crippen molar-refractivity contribution in [1.82, 2.24) is 4.90 Å². The molecule has 1 aliphatic rings. The highest BCUT2D eigenvalue weighted by molar-refractivity contribution is 6.33. The van der Waals surface area contributed by atoms with Crippen molar-refractivity contribution >= 4 is 23.0 Å². The molecule has 0 atom stereocenters. The normalized spacial score (nSPS) is 15.0. The zero-order chi connectivity index (χ0) is 17.0. The summed E-state index contributed by atoms with van der Waals surface area (Å²) in [5.74, 6) is 0. The van der Waals surface area contributed by atoms with Gasteiger partial charge in [-0.3, -0.25) is 4.99 Å². The van der Waals surface area contributed by atoms with Crippen molar-refractivity contribution in [2.75, 3.05) is 0 Å². The molecular weight excluding hydrogens is 304 g/mol. The fourth-order valence-electron chi connectivity index (χ4n) is 2.65. The number of aliphatic imine (C=N–C) groups is 1. The maximum atomic E-state index is 6.68. The van der Waals surface area contributed by atoms with Crippen LogP contribution in [0.1, 0.15) is 37.0 Å². The van der Waals surface area contributed by atoms with Crippen LogP contribution >= 0.6 is 11.6 Å². The van der Waals surface area contributed by atoms with Gasteiger partial charge in [0.15, 0.2) is 0 Å². The summed E-state index contributed by atoms with van der Waals surface area (Å²) in [6, 6.07) is 4.24. The van der Waals surface area contributed by atoms with E-state index in [2.05, 4.69) is 43.3 Å². The first-order valence-corrected chi connectivity index (χ1v) is 8.14. The molecule has 0 unspecified atom stereocenters. The van der Waals surface area contributed by atoms with E-state index >= 15 is 0 Å². The SMILES string of the molecule is C=CCCc1ccc(/C(=C/C)N2C=CN=C(C)C2=C)c(Cl)c1C. The van der Waals surface area contributed by atoms with Crippen molar-refractivity contribution in [2.45, 2.75) is 33.6 Å². The van der Waals surface area contributed by atoms with Crippen LogP contribution < -0.4 is 0 Å². The van der Waals surface area contributed by atoms with Crippen LogP contribution in [0.15, 0.2) is 60.5 Å². The van der Waals surface area contributed by atoms with E-state index in [1.807, 2.05) is 31.0 Å². The predicted molar refractivity (Wildman–Crippen MR) is 102 cm³/mol. The van der Waals surface area contributed by atoms with Crippen molar-refractivity contribution in [3.05, 3.63) is 77.3 Å². The van der Waals surface area contributed by atoms with Crippen LogP contribution in [0.4, 0.5) is 0 Å². The molecule has 2 rings (SSSR count). The van der Waals surface area contributed by atoms with Crippen LogP contribution in [-0.4, -0.2) is 10.6 Å². The molecule has 1 aromatic rings. The molecule has 0 aromatic heterocycles. The minimum Gasteiger partial charge on any atom is -0.314 e. The van der Waals surface area contributed by atoms with Crippen molar-refractivity contribution in [2.24, 2.45) is 4.99 Å². The molecule has 1 heterocycles. The molecule has 0 fully saturated rings. The third kappa shape index (κ3) is 3.48. The van der Waals surface area contributed by atoms with E-state index in [1.165, 1.54) is 5.56 Å². The summed E-state index contributed by atoms with van der Waals surface area (Å²) >= 11 is 6.68. The number of halogens is 1. The molecule has 1 aromatic carbocycles. The lowest BCUT2D eigenvalue weighted by atomic mass is 9.98. The second kappa shape index (κ2) is 7.47. The predicted octanol–water partition coefficient (Wildman–Crippen LogP) is 5.89. The molecule has 23 heavy (non-hydrogen) atoms. The average Bonchev–Trinajstić information content (AvgIpc) is 2.55. The minimum absolute atomic E-state index is 0.793. The molecule has 0 N–H and O–H groups in total. The first kappa shape index (κ1) is 17.3. The van der Waals surface area contributed by atoms with Gasteiger partial charge in [0.1, 0.15) is 0 Å². The van der Waals surface area contributed by atoms with Crippen LogP contribution in [0.5, 0.6) is 0 Å². The molecule has 0 aliphatic carbocycles. The number of rotatable bonds is 5. The van der Waals surface area contributed by atoms with Crippen LogP contribution in [0.3, 0.4) is 0 Å². The maximum absolute atomic E-state index is 6.68. The van der Waals surface area contributed by atoms with E-state index in [4.69, 9.17) is 11.6 Å². The molecule has 0 radical (unpaired) electrons. The lowest BCUT2D eigenvalue weighted by Crippen LogP contribution is -2.21. The number of benzene rings is 1. The molecule has 0 bridgehead atoms. The van der Waals surface area contributed by atoms with Gasteiger partial charge >= 0.3 is 0 Å². The van der Waals surface area contributed by atoms with E-state index in [-0.39, 0.29) is 0 Å². The van der Waals surface area contributed by atoms with Crippen LogP contribution in [0, 0.1) is 6.92 Å². The summed E-state index contributed by atoms with van der Waals surface area (Å²) in [5.41, 5.74) is 6.19. The van der Waals surface area contributed by atoms with Crippen LogP contribution in [-0.2, 0) is 6.42 Å². The standard InChI is InChI=1S/C20H23ClN2/c1-6-8-9-17-10-11-18(20(21)14(17)3)19(7-2)23-13-12-22-15(4)16(23)5/h6-7,10-13H,1,5,8-9H2,2-4H3/b19-7-. The van der Waals surface area contributed by atoms with Crippen LogP contribution in [0.2, 0.25) is 5.02 Å². The van der Waals surface area contributed by atoms with Gasteiger partial charge in [-0.2, -0.15) is 0 Å². The summed E-state index contributed by atoms with van der Waals surface area (Å²) in [6.45, 7) is 14.0. The number of nitrogens with zero attached hydrogens (tertiary/aromatic N) is 2. The summed E-state index contributed by atoms with van der Waals surface area (Å²) in [7, 11) is 0. The summed E-state index contributed by atoms with van der Waals surface area (Å²) in [6.07, 6.45) is 9.60. The molecule has 1 aliphatic heterocycles. The Hall–Kier alpha value is -2.06. The Labute approximate surface area is 144 Å². The number of aryl methyl sites for hydroxylation is 1. The van der Waals surface area contributed by atoms with E-state index < -0.39 is 0 Å². The number of hydrogen-bond donors (Lipinski definition) is 0. The van der Waals surface area contributed by atoms with Gasteiger partial charge in [-0.15, -0.1) is 6.58 Å². The van der Waals surface area contributed by atoms with Gasteiger partial charge in [-0.1, -0.05) is 42.5 Å². The van der Waals surface area contributed by atoms with Gasteiger partial charge in [-0.05, 0) is 44.7 Å². The van der Waals surface area contributed by atoms with Gasteiger partial charge in [0, 0.05) is 18.0 Å². The van der Waals surface area contributed by atoms with Gasteiger partial charge in [0.25, 0.3) is 0 Å². The van der Waals surface area contributed by atoms with Gasteiger partial charge in [0.05, 0.1) is 22.1 Å². The second-order valence-electron chi connectivity index (χ2n) is 5.54. The van der Waals surface area contributed by atoms with Crippen molar-refractivity contribution in [3.63, 3.8) is 0 Å². The summed E-state index contributed by atoms with van der Waals surface area (Å²) in [4.78, 5) is 6.32. The van der Waals surface area contributed by atoms with E-state index in [0.717, 1.165) is 46.1 Å². The fourth-order valence-corrected chi connectivity index (χ4v) is 2.93. The van der Waals surface area contributed by atoms with E-state index in [0.29, 0.717) is 0 Å². The Balaban J connectivity index is 2.42. The number of hydrogen-bond acceptors (Lipinski definition) is 2. The van der Waals surface area contributed by atoms with Gasteiger partial charge < -0.3 is 4.90 Å². The Kier molecular flexibility index (Phi) is 5.62. The van der Waals surface area contributed by atoms with E-state index in [1.54, 1.807) is 6.20 Å². The maximum Gasteiger partial charge on any atom is 0.0607 e. The smallest absolute Gasteiger partial charge is 0.0607 e. The molecule has 120 valence electrons. The van der Waals surface area contributed by atoms with Gasteiger partial charge in [-0.25, -0.2) is 0 Å². The third-order valence-electron chi connectivity index (χ3n) is 4.12. The molecule has 0 spiro atoms. The second-order valence-corrected chi connectivity index (χ2v) is 5.92. The van der Waals surface area contributed by atoms with Gasteiger partial charge in [0.2, 0.25) is 0 Å². The Morgan fingerprint density at radius 2 is 2.09 bits per heavy atom. The zero-order valence-electron chi connectivity index (χ0n) is 14.1. The van der Waals surface area contributed by atoms with Crippen molar-refractivity contribution in [3.8, 4) is 0 Å². The van der Waals surface area contributed by atoms with E-state index in [9.17, 15) is 0 Å². The van der Waals surface area contributed by atoms with Crippen molar-refractivity contribution in [1.29, 1.82) is 0 Å². The summed E-state index contributed by atoms with van der Waals surface area (Å²) in [5, 5.41) is 0.793. The minimum atomic E-state index is 0.793. The third-order valence-corrected chi connectivity index (χ3v) is 4.60. The molecule has 3 heteroatoms. The van der Waals surface area contributed by atoms with Crippen molar-refractivity contribution < 1.29 is 0 Å². The lowest BCUT2D eigenvalue weighted by molar-refractivity contribution is 0.683. The lowest BCUT2D eigenvalue weighted by Gasteiger charge is -2.28. The fraction of sp³-hybridized carbons (Fsp3) is 0.250. The monoisotopic (exact) mass is 326 g/mol. The zero-order valence-corrected chi connectivity index (χ0v) is 14.8. The molecule has 0 amide bonds. The first-order valence-electron chi connectivity index (χ1n) is 7.76. The molecule has 0 saturated carbocycles. The number of allylic oxidation sites excluding steroid dienone is 3. The Morgan fingerprint density at radius 1 is 1.35 bits per heavy atom. The highest BCUT2D eigenvalue weighted by Crippen LogP contribution is 2.34. The summed E-state index contributed by atoms with van der Waals surface area (Å²) < 4.78 is 0. The van der Waals surface area contributed by atoms with Crippen LogP contribution in [0.25, 0.3) is 5.70 Å². The highest BCUT2D eigenvalue weighted by atomic mass is 35.5. The average molecular weight is 327 g/mol.